The van der Waals surface area contributed by atoms with Crippen molar-refractivity contribution in [2.75, 3.05) is 13.2 Å². The molecule has 0 saturated heterocycles. The Morgan fingerprint density at radius 3 is 2.68 bits per heavy atom. The molecular weight excluding hydrogens is 395 g/mol. The van der Waals surface area contributed by atoms with Crippen LogP contribution >= 0.6 is 0 Å². The van der Waals surface area contributed by atoms with Crippen LogP contribution in [0.15, 0.2) is 36.4 Å². The van der Waals surface area contributed by atoms with E-state index < -0.39 is 12.3 Å². The third-order valence-corrected chi connectivity index (χ3v) is 6.25. The predicted molar refractivity (Wildman–Crippen MR) is 122 cm³/mol. The number of allylic oxidation sites excluding steroid dienone is 2. The number of hydrogen-bond donors (Lipinski definition) is 2. The van der Waals surface area contributed by atoms with E-state index in [1.807, 2.05) is 24.3 Å². The Bertz CT molecular complexity index is 658. The van der Waals surface area contributed by atoms with Crippen LogP contribution < -0.4 is 0 Å². The van der Waals surface area contributed by atoms with Crippen LogP contribution in [-0.4, -0.2) is 35.6 Å². The van der Waals surface area contributed by atoms with E-state index in [4.69, 9.17) is 9.84 Å². The van der Waals surface area contributed by atoms with E-state index in [2.05, 4.69) is 19.1 Å². The molecule has 31 heavy (non-hydrogen) atoms. The van der Waals surface area contributed by atoms with Crippen molar-refractivity contribution in [1.29, 1.82) is 0 Å². The third-order valence-electron chi connectivity index (χ3n) is 6.25. The molecule has 2 rings (SSSR count). The highest BCUT2D eigenvalue weighted by Crippen LogP contribution is 2.43. The summed E-state index contributed by atoms with van der Waals surface area (Å²) in [6.45, 7) is 2.05. The minimum absolute atomic E-state index is 0.0221. The van der Waals surface area contributed by atoms with Crippen molar-refractivity contribution in [2.45, 2.75) is 89.3 Å². The first-order valence-corrected chi connectivity index (χ1v) is 11.9. The molecule has 3 unspecified atom stereocenters. The van der Waals surface area contributed by atoms with E-state index in [9.17, 15) is 14.3 Å². The lowest BCUT2D eigenvalue weighted by Gasteiger charge is -2.21. The Kier molecular flexibility index (Phi) is 11.8. The van der Waals surface area contributed by atoms with Crippen molar-refractivity contribution in [2.24, 2.45) is 5.92 Å². The molecule has 1 aliphatic rings. The fourth-order valence-electron chi connectivity index (χ4n) is 4.43. The Labute approximate surface area is 186 Å². The summed E-state index contributed by atoms with van der Waals surface area (Å²) >= 11 is 0. The molecule has 0 aromatic heterocycles. The summed E-state index contributed by atoms with van der Waals surface area (Å²) in [5.74, 6) is -0.105. The molecular formula is C26H39FO4. The fourth-order valence-corrected chi connectivity index (χ4v) is 4.43. The fraction of sp³-hybridized carbons (Fsp3) is 0.654. The quantitative estimate of drug-likeness (QED) is 0.221. The van der Waals surface area contributed by atoms with Crippen LogP contribution in [0.5, 0.6) is 0 Å². The molecule has 0 heterocycles. The number of benzene rings is 1. The summed E-state index contributed by atoms with van der Waals surface area (Å²) in [4.78, 5) is 11.4. The van der Waals surface area contributed by atoms with Crippen LogP contribution in [0.2, 0.25) is 0 Å². The van der Waals surface area contributed by atoms with Crippen LogP contribution in [0.25, 0.3) is 0 Å². The normalized spacial score (nSPS) is 22.1. The van der Waals surface area contributed by atoms with E-state index in [1.54, 1.807) is 0 Å². The van der Waals surface area contributed by atoms with E-state index >= 15 is 0 Å². The number of rotatable bonds is 14. The molecule has 4 atom stereocenters. The summed E-state index contributed by atoms with van der Waals surface area (Å²) in [6.07, 6.45) is 10.9. The van der Waals surface area contributed by atoms with Gasteiger partial charge < -0.3 is 14.9 Å². The van der Waals surface area contributed by atoms with Crippen molar-refractivity contribution >= 4 is 5.97 Å². The topological polar surface area (TPSA) is 66.8 Å². The molecule has 1 aromatic rings. The van der Waals surface area contributed by atoms with E-state index in [0.717, 1.165) is 49.7 Å². The molecule has 1 fully saturated rings. The second-order valence-corrected chi connectivity index (χ2v) is 8.59. The number of alkyl halides is 1. The summed E-state index contributed by atoms with van der Waals surface area (Å²) in [6, 6.07) is 8.13. The van der Waals surface area contributed by atoms with Gasteiger partial charge in [0, 0.05) is 12.3 Å². The lowest BCUT2D eigenvalue weighted by molar-refractivity contribution is -0.144. The lowest BCUT2D eigenvalue weighted by atomic mass is 9.85. The lowest BCUT2D eigenvalue weighted by Crippen LogP contribution is -2.14. The minimum atomic E-state index is -0.789. The number of esters is 1. The van der Waals surface area contributed by atoms with Gasteiger partial charge in [-0.1, -0.05) is 62.6 Å². The summed E-state index contributed by atoms with van der Waals surface area (Å²) in [5.41, 5.74) is 2.11. The van der Waals surface area contributed by atoms with E-state index in [1.165, 1.54) is 0 Å². The summed E-state index contributed by atoms with van der Waals surface area (Å²) < 4.78 is 19.4. The highest BCUT2D eigenvalue weighted by Gasteiger charge is 2.36. The molecule has 4 nitrogen and oxygen atoms in total. The smallest absolute Gasteiger partial charge is 0.305 e. The van der Waals surface area contributed by atoms with Gasteiger partial charge in [-0.25, -0.2) is 4.39 Å². The average Bonchev–Trinajstić information content (AvgIpc) is 3.15. The maximum absolute atomic E-state index is 14.5. The molecule has 0 aliphatic heterocycles. The molecule has 5 heteroatoms. The van der Waals surface area contributed by atoms with Crippen molar-refractivity contribution in [1.82, 2.24) is 0 Å². The first kappa shape index (κ1) is 25.5. The van der Waals surface area contributed by atoms with Crippen molar-refractivity contribution in [3.05, 3.63) is 47.5 Å². The van der Waals surface area contributed by atoms with Crippen molar-refractivity contribution in [3.8, 4) is 0 Å². The largest absolute Gasteiger partial charge is 0.463 e. The zero-order valence-corrected chi connectivity index (χ0v) is 18.8. The monoisotopic (exact) mass is 434 g/mol. The molecule has 1 aliphatic carbocycles. The molecule has 0 bridgehead atoms. The number of aliphatic hydroxyl groups excluding tert-OH is 2. The summed E-state index contributed by atoms with van der Waals surface area (Å²) in [5, 5.41) is 19.0. The number of ether oxygens (including phenoxy) is 1. The highest BCUT2D eigenvalue weighted by molar-refractivity contribution is 5.69. The second-order valence-electron chi connectivity index (χ2n) is 8.59. The maximum atomic E-state index is 14.5. The van der Waals surface area contributed by atoms with Gasteiger partial charge in [-0.05, 0) is 55.6 Å². The van der Waals surface area contributed by atoms with Crippen molar-refractivity contribution < 1.29 is 24.1 Å². The molecule has 0 amide bonds. The van der Waals surface area contributed by atoms with Gasteiger partial charge in [0.15, 0.2) is 0 Å². The molecule has 0 spiro atoms. The number of unbranched alkanes of at least 4 members (excludes halogenated alkanes) is 3. The highest BCUT2D eigenvalue weighted by atomic mass is 19.1. The van der Waals surface area contributed by atoms with E-state index in [-0.39, 0.29) is 31.0 Å². The first-order valence-electron chi connectivity index (χ1n) is 11.9. The molecule has 1 saturated carbocycles. The average molecular weight is 435 g/mol. The molecule has 2 N–H and O–H groups in total. The van der Waals surface area contributed by atoms with Gasteiger partial charge in [-0.3, -0.25) is 4.79 Å². The number of aliphatic hydroxyl groups is 2. The second kappa shape index (κ2) is 14.4. The summed E-state index contributed by atoms with van der Waals surface area (Å²) in [7, 11) is 0. The van der Waals surface area contributed by atoms with Crippen LogP contribution in [-0.2, 0) is 9.53 Å². The molecule has 1 aromatic carbocycles. The number of carbonyl (C=O) groups excluding carboxylic acids is 1. The van der Waals surface area contributed by atoms with Gasteiger partial charge in [-0.15, -0.1) is 0 Å². The Balaban J connectivity index is 1.81. The molecule has 0 radical (unpaired) electrons. The van der Waals surface area contributed by atoms with Gasteiger partial charge >= 0.3 is 5.97 Å². The number of carbonyl (C=O) groups is 1. The first-order chi connectivity index (χ1) is 15.1. The Morgan fingerprint density at radius 1 is 1.19 bits per heavy atom. The van der Waals surface area contributed by atoms with Gasteiger partial charge in [0.2, 0.25) is 0 Å². The van der Waals surface area contributed by atoms with Crippen molar-refractivity contribution in [3.63, 3.8) is 0 Å². The van der Waals surface area contributed by atoms with Gasteiger partial charge in [0.1, 0.15) is 12.8 Å². The maximum Gasteiger partial charge on any atom is 0.305 e. The zero-order chi connectivity index (χ0) is 22.5. The SMILES string of the molecule is CCCCCC(O)c1ccc(C2CCC(F)[C@@H]2C/C=C\CCCC(=O)OCCO)cc1. The van der Waals surface area contributed by atoms with Crippen LogP contribution in [0, 0.1) is 5.92 Å². The van der Waals surface area contributed by atoms with E-state index in [0.29, 0.717) is 25.7 Å². The van der Waals surface area contributed by atoms with Gasteiger partial charge in [-0.2, -0.15) is 0 Å². The number of hydrogen-bond acceptors (Lipinski definition) is 4. The minimum Gasteiger partial charge on any atom is -0.463 e. The van der Waals surface area contributed by atoms with Crippen LogP contribution in [0.1, 0.15) is 94.3 Å². The number of halogens is 1. The standard InChI is InChI=1S/C26H39FO4/c1-2-3-6-10-25(29)21-14-12-20(13-15-21)22-16-17-24(27)23(22)9-7-4-5-8-11-26(30)31-19-18-28/h4,7,12-15,22-25,28-29H,2-3,5-6,8-11,16-19H2,1H3/b7-4-/t22?,23-,24?,25?/m1/s1. The Morgan fingerprint density at radius 2 is 1.97 bits per heavy atom. The Hall–Kier alpha value is -1.72. The van der Waals surface area contributed by atoms with Crippen LogP contribution in [0.3, 0.4) is 0 Å². The van der Waals surface area contributed by atoms with Gasteiger partial charge in [0.05, 0.1) is 12.7 Å². The van der Waals surface area contributed by atoms with Gasteiger partial charge in [0.25, 0.3) is 0 Å². The molecule has 174 valence electrons. The third kappa shape index (κ3) is 8.74. The van der Waals surface area contributed by atoms with Crippen LogP contribution in [0.4, 0.5) is 4.39 Å². The predicted octanol–water partition coefficient (Wildman–Crippen LogP) is 5.78. The zero-order valence-electron chi connectivity index (χ0n) is 18.8.